The molecule has 1 fully saturated rings. The van der Waals surface area contributed by atoms with Crippen LogP contribution in [0.15, 0.2) is 4.60 Å². The molecule has 1 atom stereocenters. The largest absolute Gasteiger partial charge is 0.329 e. The molecule has 0 saturated heterocycles. The Balaban J connectivity index is 2.02. The maximum atomic E-state index is 6.17. The Bertz CT molecular complexity index is 393. The van der Waals surface area contributed by atoms with Gasteiger partial charge in [0.15, 0.2) is 0 Å². The van der Waals surface area contributed by atoms with Gasteiger partial charge in [-0.25, -0.2) is 4.98 Å². The molecule has 2 N–H and O–H groups in total. The molecule has 1 aliphatic heterocycles. The monoisotopic (exact) mass is 283 g/mol. The fourth-order valence-electron chi connectivity index (χ4n) is 3.14. The molecule has 16 heavy (non-hydrogen) atoms. The number of aromatic nitrogens is 2. The van der Waals surface area contributed by atoms with Crippen molar-refractivity contribution in [2.75, 3.05) is 0 Å². The van der Waals surface area contributed by atoms with E-state index in [0.29, 0.717) is 5.92 Å². The van der Waals surface area contributed by atoms with Gasteiger partial charge in [-0.1, -0.05) is 12.8 Å². The standard InChI is InChI=1S/C12H18BrN3/c13-11-10-9(14)6-3-7-16(10)12(15-11)8-4-1-2-5-8/h8-9H,1-7,14H2. The first-order valence-electron chi connectivity index (χ1n) is 6.29. The molecule has 0 amide bonds. The van der Waals surface area contributed by atoms with Crippen molar-refractivity contribution in [3.63, 3.8) is 0 Å². The fraction of sp³-hybridized carbons (Fsp3) is 0.750. The molecule has 2 aliphatic rings. The van der Waals surface area contributed by atoms with E-state index in [-0.39, 0.29) is 6.04 Å². The van der Waals surface area contributed by atoms with Crippen LogP contribution < -0.4 is 5.73 Å². The second-order valence-electron chi connectivity index (χ2n) is 5.03. The highest BCUT2D eigenvalue weighted by molar-refractivity contribution is 9.10. The third-order valence-corrected chi connectivity index (χ3v) is 4.54. The SMILES string of the molecule is NC1CCCn2c(C3CCCC3)nc(Br)c21. The van der Waals surface area contributed by atoms with Crippen LogP contribution in [0.1, 0.15) is 62.0 Å². The van der Waals surface area contributed by atoms with E-state index in [1.807, 2.05) is 0 Å². The number of nitrogens with two attached hydrogens (primary N) is 1. The smallest absolute Gasteiger partial charge is 0.129 e. The third kappa shape index (κ3) is 1.63. The first-order valence-corrected chi connectivity index (χ1v) is 7.08. The van der Waals surface area contributed by atoms with Crippen LogP contribution in [0.3, 0.4) is 0 Å². The number of fused-ring (bicyclic) bond motifs is 1. The Hall–Kier alpha value is -0.350. The topological polar surface area (TPSA) is 43.8 Å². The summed E-state index contributed by atoms with van der Waals surface area (Å²) < 4.78 is 3.37. The van der Waals surface area contributed by atoms with Crippen molar-refractivity contribution in [2.45, 2.75) is 57.0 Å². The Kier molecular flexibility index (Phi) is 2.80. The Labute approximate surface area is 105 Å². The van der Waals surface area contributed by atoms with Gasteiger partial charge >= 0.3 is 0 Å². The molecule has 3 nitrogen and oxygen atoms in total. The minimum atomic E-state index is 0.172. The van der Waals surface area contributed by atoms with Crippen molar-refractivity contribution in [3.8, 4) is 0 Å². The summed E-state index contributed by atoms with van der Waals surface area (Å²) in [6, 6.07) is 0.172. The van der Waals surface area contributed by atoms with Crippen LogP contribution in [0, 0.1) is 0 Å². The average Bonchev–Trinajstić information content (AvgIpc) is 2.86. The van der Waals surface area contributed by atoms with E-state index >= 15 is 0 Å². The normalized spacial score (nSPS) is 26.0. The molecule has 1 unspecified atom stereocenters. The number of halogens is 1. The molecule has 3 rings (SSSR count). The zero-order valence-corrected chi connectivity index (χ0v) is 11.0. The summed E-state index contributed by atoms with van der Waals surface area (Å²) in [5, 5.41) is 0. The van der Waals surface area contributed by atoms with Crippen LogP contribution >= 0.6 is 15.9 Å². The van der Waals surface area contributed by atoms with Gasteiger partial charge in [-0.2, -0.15) is 0 Å². The predicted octanol–water partition coefficient (Wildman–Crippen LogP) is 3.10. The Morgan fingerprint density at radius 2 is 1.94 bits per heavy atom. The van der Waals surface area contributed by atoms with E-state index in [1.54, 1.807) is 0 Å². The van der Waals surface area contributed by atoms with Crippen LogP contribution in [0.5, 0.6) is 0 Å². The lowest BCUT2D eigenvalue weighted by Crippen LogP contribution is -2.23. The van der Waals surface area contributed by atoms with Gasteiger partial charge in [-0.15, -0.1) is 0 Å². The second kappa shape index (κ2) is 4.15. The zero-order chi connectivity index (χ0) is 11.1. The summed E-state index contributed by atoms with van der Waals surface area (Å²) in [7, 11) is 0. The van der Waals surface area contributed by atoms with Gasteiger partial charge < -0.3 is 10.3 Å². The molecule has 0 bridgehead atoms. The number of rotatable bonds is 1. The summed E-state index contributed by atoms with van der Waals surface area (Å²) >= 11 is 3.58. The van der Waals surface area contributed by atoms with E-state index in [4.69, 9.17) is 10.7 Å². The van der Waals surface area contributed by atoms with Crippen LogP contribution in [-0.2, 0) is 6.54 Å². The maximum Gasteiger partial charge on any atom is 0.129 e. The molecule has 1 aromatic heterocycles. The van der Waals surface area contributed by atoms with Gasteiger partial charge in [0, 0.05) is 18.5 Å². The first-order chi connectivity index (χ1) is 7.77. The molecular weight excluding hydrogens is 266 g/mol. The summed E-state index contributed by atoms with van der Waals surface area (Å²) in [5.41, 5.74) is 7.40. The van der Waals surface area contributed by atoms with Crippen LogP contribution in [-0.4, -0.2) is 9.55 Å². The summed E-state index contributed by atoms with van der Waals surface area (Å²) in [4.78, 5) is 4.72. The minimum Gasteiger partial charge on any atom is -0.329 e. The Morgan fingerprint density at radius 3 is 2.69 bits per heavy atom. The molecule has 0 spiro atoms. The summed E-state index contributed by atoms with van der Waals surface area (Å²) in [5.74, 6) is 1.96. The van der Waals surface area contributed by atoms with Crippen molar-refractivity contribution in [1.29, 1.82) is 0 Å². The average molecular weight is 284 g/mol. The highest BCUT2D eigenvalue weighted by atomic mass is 79.9. The fourth-order valence-corrected chi connectivity index (χ4v) is 3.83. The van der Waals surface area contributed by atoms with E-state index in [9.17, 15) is 0 Å². The van der Waals surface area contributed by atoms with Crippen LogP contribution in [0.25, 0.3) is 0 Å². The van der Waals surface area contributed by atoms with Crippen LogP contribution in [0.4, 0.5) is 0 Å². The van der Waals surface area contributed by atoms with E-state index < -0.39 is 0 Å². The number of nitrogens with zero attached hydrogens (tertiary/aromatic N) is 2. The van der Waals surface area contributed by atoms with E-state index in [1.165, 1.54) is 43.6 Å². The molecule has 0 aromatic carbocycles. The maximum absolute atomic E-state index is 6.17. The lowest BCUT2D eigenvalue weighted by Gasteiger charge is -2.23. The van der Waals surface area contributed by atoms with Crippen molar-refractivity contribution < 1.29 is 0 Å². The van der Waals surface area contributed by atoms with Gasteiger partial charge in [-0.3, -0.25) is 0 Å². The van der Waals surface area contributed by atoms with Gasteiger partial charge in [-0.05, 0) is 41.6 Å². The van der Waals surface area contributed by atoms with Crippen molar-refractivity contribution in [3.05, 3.63) is 16.1 Å². The molecular formula is C12H18BrN3. The highest BCUT2D eigenvalue weighted by Gasteiger charge is 2.29. The van der Waals surface area contributed by atoms with Gasteiger partial charge in [0.2, 0.25) is 0 Å². The molecule has 88 valence electrons. The lowest BCUT2D eigenvalue weighted by atomic mass is 10.0. The van der Waals surface area contributed by atoms with Crippen molar-refractivity contribution in [1.82, 2.24) is 9.55 Å². The van der Waals surface area contributed by atoms with Gasteiger partial charge in [0.25, 0.3) is 0 Å². The minimum absolute atomic E-state index is 0.172. The second-order valence-corrected chi connectivity index (χ2v) is 5.78. The molecule has 1 aromatic rings. The Morgan fingerprint density at radius 1 is 1.19 bits per heavy atom. The predicted molar refractivity (Wildman–Crippen MR) is 67.3 cm³/mol. The number of hydrogen-bond acceptors (Lipinski definition) is 2. The molecule has 2 heterocycles. The highest BCUT2D eigenvalue weighted by Crippen LogP contribution is 2.38. The van der Waals surface area contributed by atoms with Crippen LogP contribution in [0.2, 0.25) is 0 Å². The molecule has 4 heteroatoms. The van der Waals surface area contributed by atoms with Gasteiger partial charge in [0.05, 0.1) is 5.69 Å². The number of hydrogen-bond donors (Lipinski definition) is 1. The summed E-state index contributed by atoms with van der Waals surface area (Å²) in [6.07, 6.45) is 7.61. The third-order valence-electron chi connectivity index (χ3n) is 3.96. The quantitative estimate of drug-likeness (QED) is 0.861. The first kappa shape index (κ1) is 10.8. The van der Waals surface area contributed by atoms with Crippen molar-refractivity contribution >= 4 is 15.9 Å². The molecule has 1 saturated carbocycles. The lowest BCUT2D eigenvalue weighted by molar-refractivity contribution is 0.440. The van der Waals surface area contributed by atoms with E-state index in [0.717, 1.165) is 17.6 Å². The molecule has 1 aliphatic carbocycles. The zero-order valence-electron chi connectivity index (χ0n) is 9.45. The molecule has 0 radical (unpaired) electrons. The number of imidazole rings is 1. The van der Waals surface area contributed by atoms with E-state index in [2.05, 4.69) is 20.5 Å². The van der Waals surface area contributed by atoms with Crippen molar-refractivity contribution in [2.24, 2.45) is 5.73 Å². The van der Waals surface area contributed by atoms with Gasteiger partial charge in [0.1, 0.15) is 10.4 Å². The summed E-state index contributed by atoms with van der Waals surface area (Å²) in [6.45, 7) is 1.10.